The monoisotopic (exact) mass is 192 g/mol. The smallest absolute Gasteiger partial charge is 0.171 e. The highest BCUT2D eigenvalue weighted by Crippen LogP contribution is 2.29. The first-order chi connectivity index (χ1) is 6.38. The van der Waals surface area contributed by atoms with Crippen molar-refractivity contribution in [2.45, 2.75) is 40.0 Å². The molecular weight excluding hydrogens is 170 g/mol. The fraction of sp³-hybridized carbons (Fsp3) is 0.615. The van der Waals surface area contributed by atoms with E-state index in [0.717, 1.165) is 0 Å². The zero-order chi connectivity index (χ0) is 10.8. The van der Waals surface area contributed by atoms with Crippen LogP contribution in [0.25, 0.3) is 0 Å². The van der Waals surface area contributed by atoms with Gasteiger partial charge in [-0.1, -0.05) is 27.7 Å². The first kappa shape index (κ1) is 11.2. The summed E-state index contributed by atoms with van der Waals surface area (Å²) in [6, 6.07) is 4.34. The lowest BCUT2D eigenvalue weighted by Gasteiger charge is -2.22. The molecule has 0 amide bonds. The van der Waals surface area contributed by atoms with E-state index in [9.17, 15) is 0 Å². The van der Waals surface area contributed by atoms with E-state index in [2.05, 4.69) is 63.8 Å². The van der Waals surface area contributed by atoms with Crippen molar-refractivity contribution in [3.05, 3.63) is 30.1 Å². The van der Waals surface area contributed by atoms with Crippen molar-refractivity contribution in [2.24, 2.45) is 12.5 Å². The van der Waals surface area contributed by atoms with Crippen LogP contribution in [-0.4, -0.2) is 0 Å². The lowest BCUT2D eigenvalue weighted by Crippen LogP contribution is -2.27. The zero-order valence-corrected chi connectivity index (χ0v) is 10.0. The molecule has 0 radical (unpaired) electrons. The van der Waals surface area contributed by atoms with Gasteiger partial charge in [0.1, 0.15) is 7.05 Å². The summed E-state index contributed by atoms with van der Waals surface area (Å²) in [6.07, 6.45) is 5.53. The van der Waals surface area contributed by atoms with Crippen molar-refractivity contribution in [3.63, 3.8) is 0 Å². The molecule has 0 bridgehead atoms. The zero-order valence-electron chi connectivity index (χ0n) is 10.0. The minimum absolute atomic E-state index is 0.411. The molecule has 0 saturated carbocycles. The summed E-state index contributed by atoms with van der Waals surface area (Å²) in [5.41, 5.74) is 1.85. The maximum Gasteiger partial charge on any atom is 0.171 e. The van der Waals surface area contributed by atoms with E-state index in [1.54, 1.807) is 0 Å². The number of hydrogen-bond donors (Lipinski definition) is 0. The molecule has 0 aliphatic heterocycles. The predicted octanol–water partition coefficient (Wildman–Crippen LogP) is 3.05. The van der Waals surface area contributed by atoms with Gasteiger partial charge in [-0.3, -0.25) is 0 Å². The Morgan fingerprint density at radius 2 is 2.00 bits per heavy atom. The van der Waals surface area contributed by atoms with Gasteiger partial charge in [-0.2, -0.15) is 0 Å². The molecule has 0 aliphatic carbocycles. The fourth-order valence-corrected chi connectivity index (χ4v) is 1.94. The van der Waals surface area contributed by atoms with Crippen LogP contribution < -0.4 is 4.57 Å². The highest BCUT2D eigenvalue weighted by molar-refractivity contribution is 5.11. The Morgan fingerprint density at radius 3 is 2.50 bits per heavy atom. The third-order valence-electron chi connectivity index (χ3n) is 2.45. The molecule has 0 spiro atoms. The van der Waals surface area contributed by atoms with Gasteiger partial charge in [0.15, 0.2) is 12.4 Å². The van der Waals surface area contributed by atoms with Crippen LogP contribution in [0.5, 0.6) is 0 Å². The molecule has 0 aromatic carbocycles. The van der Waals surface area contributed by atoms with E-state index in [1.165, 1.54) is 12.0 Å². The molecule has 1 rings (SSSR count). The van der Waals surface area contributed by atoms with Crippen LogP contribution in [0.15, 0.2) is 24.5 Å². The molecule has 1 aromatic rings. The highest BCUT2D eigenvalue weighted by atomic mass is 14.9. The van der Waals surface area contributed by atoms with E-state index in [4.69, 9.17) is 0 Å². The Kier molecular flexibility index (Phi) is 3.30. The molecule has 0 saturated heterocycles. The maximum absolute atomic E-state index is 2.31. The van der Waals surface area contributed by atoms with E-state index in [0.29, 0.717) is 11.3 Å². The van der Waals surface area contributed by atoms with E-state index in [1.807, 2.05) is 0 Å². The normalized spacial score (nSPS) is 14.1. The van der Waals surface area contributed by atoms with Crippen LogP contribution in [-0.2, 0) is 7.05 Å². The van der Waals surface area contributed by atoms with Gasteiger partial charge < -0.3 is 0 Å². The minimum Gasteiger partial charge on any atom is -0.208 e. The van der Waals surface area contributed by atoms with Crippen molar-refractivity contribution >= 4 is 0 Å². The molecule has 78 valence electrons. The average Bonchev–Trinajstić information content (AvgIpc) is 2.01. The van der Waals surface area contributed by atoms with Gasteiger partial charge in [0, 0.05) is 11.6 Å². The molecular formula is C13H22N+. The number of rotatable bonds is 2. The second-order valence-corrected chi connectivity index (χ2v) is 5.47. The molecule has 0 aliphatic rings. The lowest BCUT2D eigenvalue weighted by molar-refractivity contribution is -0.672. The maximum atomic E-state index is 2.31. The Hall–Kier alpha value is -0.850. The molecule has 1 heteroatoms. The van der Waals surface area contributed by atoms with Crippen LogP contribution in [0.4, 0.5) is 0 Å². The van der Waals surface area contributed by atoms with Crippen LogP contribution in [0.1, 0.15) is 45.6 Å². The summed E-state index contributed by atoms with van der Waals surface area (Å²) in [4.78, 5) is 0. The fourth-order valence-electron chi connectivity index (χ4n) is 1.94. The van der Waals surface area contributed by atoms with Crippen LogP contribution in [0.3, 0.4) is 0 Å². The Balaban J connectivity index is 2.74. The van der Waals surface area contributed by atoms with Gasteiger partial charge in [0.05, 0.1) is 0 Å². The summed E-state index contributed by atoms with van der Waals surface area (Å²) in [7, 11) is 2.08. The highest BCUT2D eigenvalue weighted by Gasteiger charge is 2.17. The summed E-state index contributed by atoms with van der Waals surface area (Å²) >= 11 is 0. The molecule has 0 fully saturated rings. The second-order valence-electron chi connectivity index (χ2n) is 5.47. The Bertz CT molecular complexity index is 296. The molecule has 1 heterocycles. The third-order valence-corrected chi connectivity index (χ3v) is 2.45. The van der Waals surface area contributed by atoms with Crippen molar-refractivity contribution in [1.82, 2.24) is 0 Å². The third kappa shape index (κ3) is 3.49. The summed E-state index contributed by atoms with van der Waals surface area (Å²) in [6.45, 7) is 9.20. The Labute approximate surface area is 87.8 Å². The number of aryl methyl sites for hydroxylation is 1. The van der Waals surface area contributed by atoms with Crippen LogP contribution >= 0.6 is 0 Å². The summed E-state index contributed by atoms with van der Waals surface area (Å²) in [5, 5.41) is 0. The molecule has 0 N–H and O–H groups in total. The van der Waals surface area contributed by atoms with Gasteiger partial charge >= 0.3 is 0 Å². The van der Waals surface area contributed by atoms with Crippen molar-refractivity contribution in [2.75, 3.05) is 0 Å². The summed E-state index contributed by atoms with van der Waals surface area (Å²) < 4.78 is 2.12. The standard InChI is InChI=1S/C13H22N/c1-11(9-13(2,3)4)12-7-6-8-14(5)10-12/h6-8,10-11H,9H2,1-5H3/q+1. The van der Waals surface area contributed by atoms with Gasteiger partial charge in [0.25, 0.3) is 0 Å². The number of pyridine rings is 1. The minimum atomic E-state index is 0.411. The average molecular weight is 192 g/mol. The number of nitrogens with zero attached hydrogens (tertiary/aromatic N) is 1. The van der Waals surface area contributed by atoms with Crippen molar-refractivity contribution in [1.29, 1.82) is 0 Å². The van der Waals surface area contributed by atoms with Crippen LogP contribution in [0, 0.1) is 5.41 Å². The topological polar surface area (TPSA) is 3.88 Å². The van der Waals surface area contributed by atoms with Gasteiger partial charge in [-0.15, -0.1) is 0 Å². The molecule has 14 heavy (non-hydrogen) atoms. The van der Waals surface area contributed by atoms with Gasteiger partial charge in [-0.25, -0.2) is 4.57 Å². The second kappa shape index (κ2) is 4.12. The Morgan fingerprint density at radius 1 is 1.36 bits per heavy atom. The van der Waals surface area contributed by atoms with E-state index in [-0.39, 0.29) is 0 Å². The van der Waals surface area contributed by atoms with E-state index < -0.39 is 0 Å². The first-order valence-corrected chi connectivity index (χ1v) is 5.34. The molecule has 1 aromatic heterocycles. The predicted molar refractivity (Wildman–Crippen MR) is 60.1 cm³/mol. The molecule has 1 nitrogen and oxygen atoms in total. The number of aromatic nitrogens is 1. The quantitative estimate of drug-likeness (QED) is 0.634. The molecule has 1 atom stereocenters. The molecule has 1 unspecified atom stereocenters. The van der Waals surface area contributed by atoms with Crippen molar-refractivity contribution < 1.29 is 4.57 Å². The number of hydrogen-bond acceptors (Lipinski definition) is 0. The summed E-state index contributed by atoms with van der Waals surface area (Å²) in [5.74, 6) is 0.641. The van der Waals surface area contributed by atoms with Crippen LogP contribution in [0.2, 0.25) is 0 Å². The largest absolute Gasteiger partial charge is 0.208 e. The SMILES string of the molecule is CC(CC(C)(C)C)c1ccc[n+](C)c1. The lowest BCUT2D eigenvalue weighted by atomic mass is 9.83. The van der Waals surface area contributed by atoms with Crippen molar-refractivity contribution in [3.8, 4) is 0 Å². The van der Waals surface area contributed by atoms with Gasteiger partial charge in [0.2, 0.25) is 0 Å². The first-order valence-electron chi connectivity index (χ1n) is 5.34. The van der Waals surface area contributed by atoms with E-state index >= 15 is 0 Å². The van der Waals surface area contributed by atoms with Gasteiger partial charge in [-0.05, 0) is 23.8 Å².